The van der Waals surface area contributed by atoms with E-state index in [0.29, 0.717) is 0 Å². The van der Waals surface area contributed by atoms with E-state index in [-0.39, 0.29) is 30.1 Å². The number of carbonyl (C=O) groups is 1. The molecular formula is C13H24N2O3. The summed E-state index contributed by atoms with van der Waals surface area (Å²) < 4.78 is 10.9. The zero-order valence-electron chi connectivity index (χ0n) is 11.1. The SMILES string of the molecule is COC(=O)[C@H]1CC[C@@H](OC2CCNCC2N)CC1. The number of methoxy groups -OCH3 is 1. The lowest BCUT2D eigenvalue weighted by molar-refractivity contribution is -0.148. The van der Waals surface area contributed by atoms with Crippen molar-refractivity contribution in [2.45, 2.75) is 50.4 Å². The van der Waals surface area contributed by atoms with Crippen molar-refractivity contribution < 1.29 is 14.3 Å². The molecule has 1 aliphatic carbocycles. The molecule has 3 N–H and O–H groups in total. The van der Waals surface area contributed by atoms with Gasteiger partial charge in [-0.2, -0.15) is 0 Å². The maximum absolute atomic E-state index is 11.4. The van der Waals surface area contributed by atoms with Crippen LogP contribution in [0, 0.1) is 5.92 Å². The van der Waals surface area contributed by atoms with E-state index in [1.807, 2.05) is 0 Å². The van der Waals surface area contributed by atoms with Crippen molar-refractivity contribution in [3.8, 4) is 0 Å². The fraction of sp³-hybridized carbons (Fsp3) is 0.923. The molecule has 2 aliphatic rings. The number of hydrogen-bond acceptors (Lipinski definition) is 5. The minimum Gasteiger partial charge on any atom is -0.469 e. The van der Waals surface area contributed by atoms with E-state index in [2.05, 4.69) is 5.32 Å². The molecule has 1 saturated carbocycles. The average Bonchev–Trinajstić information content (AvgIpc) is 2.41. The Morgan fingerprint density at radius 2 is 1.94 bits per heavy atom. The Hall–Kier alpha value is -0.650. The van der Waals surface area contributed by atoms with Gasteiger partial charge in [0, 0.05) is 12.6 Å². The maximum Gasteiger partial charge on any atom is 0.308 e. The summed E-state index contributed by atoms with van der Waals surface area (Å²) in [5, 5.41) is 3.27. The lowest BCUT2D eigenvalue weighted by atomic mass is 9.87. The highest BCUT2D eigenvalue weighted by Gasteiger charge is 2.31. The Morgan fingerprint density at radius 3 is 2.56 bits per heavy atom. The van der Waals surface area contributed by atoms with Crippen molar-refractivity contribution in [1.29, 1.82) is 0 Å². The van der Waals surface area contributed by atoms with E-state index in [0.717, 1.165) is 45.2 Å². The standard InChI is InChI=1S/C13H24N2O3/c1-17-13(16)9-2-4-10(5-3-9)18-12-6-7-15-8-11(12)14/h9-12,15H,2-8,14H2,1H3/t9-,10+,11?,12?. The Bertz CT molecular complexity index is 277. The van der Waals surface area contributed by atoms with Gasteiger partial charge in [-0.25, -0.2) is 0 Å². The monoisotopic (exact) mass is 256 g/mol. The summed E-state index contributed by atoms with van der Waals surface area (Å²) in [4.78, 5) is 11.4. The Kier molecular flexibility index (Phi) is 4.97. The third-order valence-electron chi connectivity index (χ3n) is 4.04. The minimum absolute atomic E-state index is 0.0662. The summed E-state index contributed by atoms with van der Waals surface area (Å²) in [5.41, 5.74) is 6.03. The number of piperidine rings is 1. The van der Waals surface area contributed by atoms with Crippen LogP contribution in [0.3, 0.4) is 0 Å². The normalized spacial score (nSPS) is 37.2. The quantitative estimate of drug-likeness (QED) is 0.716. The molecule has 0 amide bonds. The number of ether oxygens (including phenoxy) is 2. The minimum atomic E-state index is -0.0768. The van der Waals surface area contributed by atoms with Crippen molar-refractivity contribution >= 4 is 5.97 Å². The van der Waals surface area contributed by atoms with Crippen LogP contribution >= 0.6 is 0 Å². The maximum atomic E-state index is 11.4. The predicted molar refractivity (Wildman–Crippen MR) is 68.1 cm³/mol. The van der Waals surface area contributed by atoms with Crippen molar-refractivity contribution in [3.63, 3.8) is 0 Å². The van der Waals surface area contributed by atoms with Gasteiger partial charge in [0.25, 0.3) is 0 Å². The largest absolute Gasteiger partial charge is 0.469 e. The predicted octanol–water partition coefficient (Wildman–Crippen LogP) is 0.424. The number of nitrogens with two attached hydrogens (primary N) is 1. The lowest BCUT2D eigenvalue weighted by Crippen LogP contribution is -2.51. The summed E-state index contributed by atoms with van der Waals surface area (Å²) in [5.74, 6) is -0.0106. The van der Waals surface area contributed by atoms with Crippen molar-refractivity contribution in [1.82, 2.24) is 5.32 Å². The highest BCUT2D eigenvalue weighted by molar-refractivity contribution is 5.72. The Labute approximate surface area is 108 Å². The first-order chi connectivity index (χ1) is 8.70. The van der Waals surface area contributed by atoms with Crippen LogP contribution in [-0.4, -0.2) is 44.4 Å². The molecule has 2 unspecified atom stereocenters. The Morgan fingerprint density at radius 1 is 1.22 bits per heavy atom. The van der Waals surface area contributed by atoms with Crippen molar-refractivity contribution in [3.05, 3.63) is 0 Å². The third kappa shape index (κ3) is 3.43. The number of nitrogens with one attached hydrogen (secondary N) is 1. The molecule has 1 aliphatic heterocycles. The molecule has 0 aromatic rings. The van der Waals surface area contributed by atoms with E-state index in [1.165, 1.54) is 7.11 Å². The number of carbonyl (C=O) groups excluding carboxylic acids is 1. The highest BCUT2D eigenvalue weighted by atomic mass is 16.5. The van der Waals surface area contributed by atoms with Crippen LogP contribution in [0.15, 0.2) is 0 Å². The number of hydrogen-bond donors (Lipinski definition) is 2. The molecule has 0 aromatic heterocycles. The molecule has 0 bridgehead atoms. The smallest absolute Gasteiger partial charge is 0.308 e. The second kappa shape index (κ2) is 6.50. The van der Waals surface area contributed by atoms with Gasteiger partial charge in [-0.05, 0) is 38.6 Å². The van der Waals surface area contributed by atoms with Crippen molar-refractivity contribution in [2.75, 3.05) is 20.2 Å². The van der Waals surface area contributed by atoms with Gasteiger partial charge in [-0.1, -0.05) is 0 Å². The van der Waals surface area contributed by atoms with Crippen molar-refractivity contribution in [2.24, 2.45) is 11.7 Å². The lowest BCUT2D eigenvalue weighted by Gasteiger charge is -2.35. The molecule has 2 fully saturated rings. The van der Waals surface area contributed by atoms with Crippen LogP contribution in [-0.2, 0) is 14.3 Å². The fourth-order valence-electron chi connectivity index (χ4n) is 2.88. The van der Waals surface area contributed by atoms with Gasteiger partial charge in [0.1, 0.15) is 0 Å². The van der Waals surface area contributed by atoms with E-state index in [1.54, 1.807) is 0 Å². The molecule has 0 aromatic carbocycles. The molecule has 104 valence electrons. The van der Waals surface area contributed by atoms with Gasteiger partial charge < -0.3 is 20.5 Å². The molecule has 1 heterocycles. The van der Waals surface area contributed by atoms with E-state index in [9.17, 15) is 4.79 Å². The van der Waals surface area contributed by atoms with Crippen LogP contribution in [0.4, 0.5) is 0 Å². The van der Waals surface area contributed by atoms with Crippen LogP contribution in [0.1, 0.15) is 32.1 Å². The summed E-state index contributed by atoms with van der Waals surface area (Å²) in [7, 11) is 1.46. The van der Waals surface area contributed by atoms with Crippen LogP contribution in [0.2, 0.25) is 0 Å². The van der Waals surface area contributed by atoms with Gasteiger partial charge in [0.05, 0.1) is 25.2 Å². The molecule has 5 nitrogen and oxygen atoms in total. The summed E-state index contributed by atoms with van der Waals surface area (Å²) in [6, 6.07) is 0.0945. The topological polar surface area (TPSA) is 73.6 Å². The third-order valence-corrected chi connectivity index (χ3v) is 4.04. The van der Waals surface area contributed by atoms with Crippen LogP contribution in [0.5, 0.6) is 0 Å². The first kappa shape index (κ1) is 13.8. The second-order valence-corrected chi connectivity index (χ2v) is 5.33. The van der Waals surface area contributed by atoms with Crippen LogP contribution < -0.4 is 11.1 Å². The van der Waals surface area contributed by atoms with Gasteiger partial charge in [-0.15, -0.1) is 0 Å². The molecule has 2 rings (SSSR count). The molecule has 0 spiro atoms. The second-order valence-electron chi connectivity index (χ2n) is 5.33. The zero-order valence-corrected chi connectivity index (χ0v) is 11.1. The Balaban J connectivity index is 1.74. The van der Waals surface area contributed by atoms with E-state index >= 15 is 0 Å². The number of esters is 1. The zero-order chi connectivity index (χ0) is 13.0. The summed E-state index contributed by atoms with van der Waals surface area (Å²) in [6.45, 7) is 1.82. The highest BCUT2D eigenvalue weighted by Crippen LogP contribution is 2.28. The summed E-state index contributed by atoms with van der Waals surface area (Å²) >= 11 is 0. The first-order valence-electron chi connectivity index (χ1n) is 6.90. The number of rotatable bonds is 3. The molecule has 0 radical (unpaired) electrons. The van der Waals surface area contributed by atoms with Gasteiger partial charge in [0.2, 0.25) is 0 Å². The van der Waals surface area contributed by atoms with E-state index in [4.69, 9.17) is 15.2 Å². The van der Waals surface area contributed by atoms with E-state index < -0.39 is 0 Å². The molecule has 18 heavy (non-hydrogen) atoms. The van der Waals surface area contributed by atoms with Gasteiger partial charge in [0.15, 0.2) is 0 Å². The molecule has 2 atom stereocenters. The first-order valence-corrected chi connectivity index (χ1v) is 6.90. The summed E-state index contributed by atoms with van der Waals surface area (Å²) in [6.07, 6.45) is 5.05. The molecule has 5 heteroatoms. The fourth-order valence-corrected chi connectivity index (χ4v) is 2.88. The van der Waals surface area contributed by atoms with Gasteiger partial charge in [-0.3, -0.25) is 4.79 Å². The average molecular weight is 256 g/mol. The van der Waals surface area contributed by atoms with Gasteiger partial charge >= 0.3 is 5.97 Å². The van der Waals surface area contributed by atoms with Crippen LogP contribution in [0.25, 0.3) is 0 Å². The molecular weight excluding hydrogens is 232 g/mol. The molecule has 1 saturated heterocycles.